The lowest BCUT2D eigenvalue weighted by Crippen LogP contribution is -2.35. The van der Waals surface area contributed by atoms with Crippen molar-refractivity contribution in [3.63, 3.8) is 0 Å². The van der Waals surface area contributed by atoms with Crippen LogP contribution in [0.5, 0.6) is 11.5 Å². The molecule has 0 aromatic heterocycles. The number of halogens is 7. The maximum absolute atomic E-state index is 13.4. The van der Waals surface area contributed by atoms with E-state index >= 15 is 0 Å². The molecule has 0 radical (unpaired) electrons. The normalized spacial score (nSPS) is 11.4. The molecule has 0 aliphatic heterocycles. The van der Waals surface area contributed by atoms with Crippen LogP contribution in [0.3, 0.4) is 0 Å². The van der Waals surface area contributed by atoms with Gasteiger partial charge in [0.05, 0.1) is 37.5 Å². The number of nitrogens with one attached hydrogen (secondary N) is 1. The highest BCUT2D eigenvalue weighted by Gasteiger charge is 2.34. The summed E-state index contributed by atoms with van der Waals surface area (Å²) in [5.74, 6) is -0.553. The van der Waals surface area contributed by atoms with Crippen LogP contribution in [0.25, 0.3) is 0 Å². The Bertz CT molecular complexity index is 1250. The van der Waals surface area contributed by atoms with Crippen LogP contribution in [0.1, 0.15) is 16.7 Å². The van der Waals surface area contributed by atoms with Crippen molar-refractivity contribution < 1.29 is 28.2 Å². The van der Waals surface area contributed by atoms with Gasteiger partial charge in [-0.15, -0.1) is 0 Å². The lowest BCUT2D eigenvalue weighted by atomic mass is 10.1. The predicted molar refractivity (Wildman–Crippen MR) is 133 cm³/mol. The van der Waals surface area contributed by atoms with Crippen LogP contribution in [-0.2, 0) is 12.7 Å². The molecule has 3 aromatic carbocycles. The minimum absolute atomic E-state index is 0.0804. The van der Waals surface area contributed by atoms with E-state index in [0.717, 1.165) is 17.0 Å². The number of urea groups is 1. The quantitative estimate of drug-likeness (QED) is 0.267. The average Bonchev–Trinajstić information content (AvgIpc) is 2.76. The van der Waals surface area contributed by atoms with Crippen LogP contribution in [0.2, 0.25) is 10.0 Å². The van der Waals surface area contributed by atoms with Crippen molar-refractivity contribution in [3.05, 3.63) is 78.1 Å². The number of anilines is 2. The molecule has 0 unspecified atom stereocenters. The van der Waals surface area contributed by atoms with Gasteiger partial charge < -0.3 is 15.5 Å². The maximum atomic E-state index is 13.4. The molecule has 0 saturated heterocycles. The van der Waals surface area contributed by atoms with Crippen LogP contribution < -0.4 is 10.2 Å². The molecule has 3 aromatic rings. The van der Waals surface area contributed by atoms with E-state index in [-0.39, 0.29) is 28.0 Å². The van der Waals surface area contributed by atoms with Crippen molar-refractivity contribution in [3.8, 4) is 11.5 Å². The van der Waals surface area contributed by atoms with Crippen molar-refractivity contribution in [2.24, 2.45) is 0 Å². The predicted octanol–water partition coefficient (Wildman–Crippen LogP) is 8.50. The molecule has 0 saturated carbocycles. The van der Waals surface area contributed by atoms with E-state index in [4.69, 9.17) is 23.2 Å². The number of aromatic hydroxyl groups is 2. The highest BCUT2D eigenvalue weighted by Crippen LogP contribution is 2.42. The third-order valence-electron chi connectivity index (χ3n) is 4.83. The highest BCUT2D eigenvalue weighted by molar-refractivity contribution is 9.11. The summed E-state index contributed by atoms with van der Waals surface area (Å²) < 4.78 is 40.9. The monoisotopic (exact) mass is 640 g/mol. The molecule has 0 aliphatic carbocycles. The Hall–Kier alpha value is -2.14. The molecule has 180 valence electrons. The van der Waals surface area contributed by atoms with E-state index in [9.17, 15) is 28.2 Å². The summed E-state index contributed by atoms with van der Waals surface area (Å²) >= 11 is 18.8. The van der Waals surface area contributed by atoms with Crippen molar-refractivity contribution in [2.75, 3.05) is 10.2 Å². The topological polar surface area (TPSA) is 72.8 Å². The second-order valence-electron chi connectivity index (χ2n) is 7.13. The first kappa shape index (κ1) is 26.5. The molecular formula is C22H15Br2Cl2F3N2O3. The van der Waals surface area contributed by atoms with Gasteiger partial charge in [0.25, 0.3) is 0 Å². The number of phenolic OH excluding ortho intramolecular Hbond substituents is 2. The third kappa shape index (κ3) is 5.56. The number of amides is 2. The number of hydrogen-bond acceptors (Lipinski definition) is 3. The molecule has 3 rings (SSSR count). The molecule has 0 spiro atoms. The number of phenols is 2. The molecule has 5 nitrogen and oxygen atoms in total. The lowest BCUT2D eigenvalue weighted by Gasteiger charge is -2.26. The van der Waals surface area contributed by atoms with Crippen LogP contribution in [0, 0.1) is 6.92 Å². The lowest BCUT2D eigenvalue weighted by molar-refractivity contribution is -0.136. The van der Waals surface area contributed by atoms with Gasteiger partial charge in [0.1, 0.15) is 5.75 Å². The summed E-state index contributed by atoms with van der Waals surface area (Å²) in [7, 11) is 0. The van der Waals surface area contributed by atoms with E-state index < -0.39 is 29.2 Å². The average molecular weight is 643 g/mol. The van der Waals surface area contributed by atoms with Crippen LogP contribution in [0.15, 0.2) is 51.4 Å². The molecule has 12 heteroatoms. The minimum atomic E-state index is -4.71. The van der Waals surface area contributed by atoms with E-state index in [1.807, 2.05) is 0 Å². The molecule has 3 N–H and O–H groups in total. The number of carbonyl (C=O) groups is 1. The number of benzene rings is 3. The molecule has 34 heavy (non-hydrogen) atoms. The fraction of sp³-hybridized carbons (Fsp3) is 0.136. The molecule has 2 amide bonds. The number of hydrogen-bond donors (Lipinski definition) is 3. The zero-order valence-corrected chi connectivity index (χ0v) is 21.8. The molecule has 0 bridgehead atoms. The molecule has 0 atom stereocenters. The number of nitrogens with zero attached hydrogens (tertiary/aromatic N) is 1. The van der Waals surface area contributed by atoms with Crippen LogP contribution in [0.4, 0.5) is 29.3 Å². The van der Waals surface area contributed by atoms with Crippen molar-refractivity contribution in [2.45, 2.75) is 19.6 Å². The highest BCUT2D eigenvalue weighted by atomic mass is 79.9. The Morgan fingerprint density at radius 3 is 2.24 bits per heavy atom. The van der Waals surface area contributed by atoms with Gasteiger partial charge in [-0.1, -0.05) is 35.3 Å². The van der Waals surface area contributed by atoms with Crippen molar-refractivity contribution in [1.82, 2.24) is 0 Å². The Kier molecular flexibility index (Phi) is 7.96. The molecule has 0 fully saturated rings. The van der Waals surface area contributed by atoms with Gasteiger partial charge in [-0.25, -0.2) is 4.79 Å². The standard InChI is InChI=1S/C22H15Br2Cl2F3N2O3/c1-10-15(25)8-17(20(33)18(10)26)31(9-11-6-13(23)19(32)14(24)7-11)21(34)30-16-5-3-2-4-12(16)22(27,28)29/h2-8,32-33H,9H2,1H3,(H,30,34). The van der Waals surface area contributed by atoms with Crippen LogP contribution in [-0.4, -0.2) is 16.2 Å². The first-order valence-corrected chi connectivity index (χ1v) is 11.7. The number of para-hydroxylation sites is 1. The Balaban J connectivity index is 2.11. The number of alkyl halides is 3. The Morgan fingerprint density at radius 2 is 1.65 bits per heavy atom. The van der Waals surface area contributed by atoms with Gasteiger partial charge in [-0.05, 0) is 80.2 Å². The second kappa shape index (κ2) is 10.2. The zero-order valence-electron chi connectivity index (χ0n) is 17.1. The summed E-state index contributed by atoms with van der Waals surface area (Å²) in [5, 5.41) is 22.9. The van der Waals surface area contributed by atoms with E-state index in [0.29, 0.717) is 20.1 Å². The Morgan fingerprint density at radius 1 is 1.06 bits per heavy atom. The van der Waals surface area contributed by atoms with E-state index in [1.165, 1.54) is 30.3 Å². The first-order chi connectivity index (χ1) is 15.8. The second-order valence-corrected chi connectivity index (χ2v) is 9.63. The molecule has 0 aliphatic rings. The van der Waals surface area contributed by atoms with Gasteiger partial charge in [0, 0.05) is 5.02 Å². The number of rotatable bonds is 4. The molecule has 0 heterocycles. The summed E-state index contributed by atoms with van der Waals surface area (Å²) in [6.07, 6.45) is -4.71. The summed E-state index contributed by atoms with van der Waals surface area (Å²) in [6.45, 7) is 1.34. The number of carbonyl (C=O) groups excluding carboxylic acids is 1. The zero-order chi connectivity index (χ0) is 25.4. The SMILES string of the molecule is Cc1c(Cl)cc(N(Cc2cc(Br)c(O)c(Br)c2)C(=O)Nc2ccccc2C(F)(F)F)c(O)c1Cl. The summed E-state index contributed by atoms with van der Waals surface area (Å²) in [5.41, 5.74) is -0.808. The van der Waals surface area contributed by atoms with Gasteiger partial charge in [-0.3, -0.25) is 4.90 Å². The van der Waals surface area contributed by atoms with Gasteiger partial charge in [0.2, 0.25) is 0 Å². The fourth-order valence-electron chi connectivity index (χ4n) is 3.08. The van der Waals surface area contributed by atoms with Crippen molar-refractivity contribution >= 4 is 72.5 Å². The van der Waals surface area contributed by atoms with E-state index in [1.54, 1.807) is 6.92 Å². The van der Waals surface area contributed by atoms with Gasteiger partial charge >= 0.3 is 12.2 Å². The van der Waals surface area contributed by atoms with Gasteiger partial charge in [-0.2, -0.15) is 13.2 Å². The Labute approximate surface area is 219 Å². The first-order valence-electron chi connectivity index (χ1n) is 9.40. The smallest absolute Gasteiger partial charge is 0.418 e. The van der Waals surface area contributed by atoms with Crippen LogP contribution >= 0.6 is 55.1 Å². The summed E-state index contributed by atoms with van der Waals surface area (Å²) in [6, 6.07) is 7.83. The van der Waals surface area contributed by atoms with Crippen molar-refractivity contribution in [1.29, 1.82) is 0 Å². The maximum Gasteiger partial charge on any atom is 0.418 e. The summed E-state index contributed by atoms with van der Waals surface area (Å²) in [4.78, 5) is 14.3. The fourth-order valence-corrected chi connectivity index (χ4v) is 4.80. The van der Waals surface area contributed by atoms with Gasteiger partial charge in [0.15, 0.2) is 5.75 Å². The minimum Gasteiger partial charge on any atom is -0.506 e. The third-order valence-corrected chi connectivity index (χ3v) is 6.89. The largest absolute Gasteiger partial charge is 0.506 e. The van der Waals surface area contributed by atoms with E-state index in [2.05, 4.69) is 37.2 Å². The molecular weight excluding hydrogens is 628 g/mol.